The Labute approximate surface area is 195 Å². The van der Waals surface area contributed by atoms with Crippen LogP contribution in [-0.2, 0) is 14.9 Å². The van der Waals surface area contributed by atoms with Crippen LogP contribution in [0.25, 0.3) is 6.08 Å². The molecule has 0 unspecified atom stereocenters. The molecule has 0 spiro atoms. The monoisotopic (exact) mass is 478 g/mol. The van der Waals surface area contributed by atoms with Crippen LogP contribution in [0, 0.1) is 11.3 Å². The highest BCUT2D eigenvalue weighted by molar-refractivity contribution is 7.87. The number of rotatable bonds is 8. The summed E-state index contributed by atoms with van der Waals surface area (Å²) in [5.41, 5.74) is 0.505. The fraction of sp³-hybridized carbons (Fsp3) is 0.0417. The number of nitriles is 1. The number of nitrogens with zero attached hydrogens (tertiary/aromatic N) is 1. The summed E-state index contributed by atoms with van der Waals surface area (Å²) in [4.78, 5) is 23.4. The standard InChI is InChI=1S/C24H18N2O7S/c1-32-22-14-16(7-12-21(22)33-34(30,31)20-5-3-2-4-6-20)13-18(15-25)23(27)26-19-10-8-17(9-11-19)24(28)29/h2-14H,1H3,(H,26,27)(H,28,29)/b18-13+. The fourth-order valence-corrected chi connectivity index (χ4v) is 3.77. The summed E-state index contributed by atoms with van der Waals surface area (Å²) in [5, 5.41) is 20.9. The Kier molecular flexibility index (Phi) is 7.30. The zero-order valence-corrected chi connectivity index (χ0v) is 18.6. The molecule has 2 N–H and O–H groups in total. The van der Waals surface area contributed by atoms with E-state index in [1.807, 2.05) is 0 Å². The van der Waals surface area contributed by atoms with E-state index in [1.54, 1.807) is 24.3 Å². The van der Waals surface area contributed by atoms with Gasteiger partial charge in [-0.15, -0.1) is 0 Å². The summed E-state index contributed by atoms with van der Waals surface area (Å²) in [5.74, 6) is -1.80. The van der Waals surface area contributed by atoms with Crippen LogP contribution >= 0.6 is 0 Å². The van der Waals surface area contributed by atoms with Gasteiger partial charge < -0.3 is 19.3 Å². The number of hydrogen-bond donors (Lipinski definition) is 2. The maximum Gasteiger partial charge on any atom is 0.339 e. The quantitative estimate of drug-likeness (QED) is 0.283. The number of carbonyl (C=O) groups excluding carboxylic acids is 1. The Morgan fingerprint density at radius 2 is 1.68 bits per heavy atom. The van der Waals surface area contributed by atoms with Gasteiger partial charge in [0.25, 0.3) is 5.91 Å². The summed E-state index contributed by atoms with van der Waals surface area (Å²) in [7, 11) is -2.77. The first-order chi connectivity index (χ1) is 16.2. The van der Waals surface area contributed by atoms with E-state index in [0.717, 1.165) is 0 Å². The van der Waals surface area contributed by atoms with E-state index in [9.17, 15) is 23.3 Å². The first kappa shape index (κ1) is 24.0. The van der Waals surface area contributed by atoms with Gasteiger partial charge in [0.1, 0.15) is 16.5 Å². The smallest absolute Gasteiger partial charge is 0.339 e. The lowest BCUT2D eigenvalue weighted by atomic mass is 10.1. The summed E-state index contributed by atoms with van der Waals surface area (Å²) in [6.45, 7) is 0. The van der Waals surface area contributed by atoms with Crippen LogP contribution in [-0.4, -0.2) is 32.5 Å². The minimum Gasteiger partial charge on any atom is -0.493 e. The van der Waals surface area contributed by atoms with Gasteiger partial charge in [0.2, 0.25) is 0 Å². The molecule has 10 heteroatoms. The van der Waals surface area contributed by atoms with Crippen LogP contribution in [0.1, 0.15) is 15.9 Å². The van der Waals surface area contributed by atoms with Crippen molar-refractivity contribution in [3.05, 3.63) is 89.5 Å². The van der Waals surface area contributed by atoms with Gasteiger partial charge in [0.15, 0.2) is 11.5 Å². The second kappa shape index (κ2) is 10.3. The molecule has 0 aliphatic carbocycles. The number of benzene rings is 3. The number of amides is 1. The second-order valence-corrected chi connectivity index (χ2v) is 8.31. The highest BCUT2D eigenvalue weighted by Crippen LogP contribution is 2.31. The highest BCUT2D eigenvalue weighted by atomic mass is 32.2. The lowest BCUT2D eigenvalue weighted by molar-refractivity contribution is -0.112. The molecule has 0 bridgehead atoms. The molecule has 172 valence electrons. The first-order valence-electron chi connectivity index (χ1n) is 9.67. The van der Waals surface area contributed by atoms with E-state index in [4.69, 9.17) is 14.0 Å². The SMILES string of the molecule is COc1cc(/C=C(\C#N)C(=O)Nc2ccc(C(=O)O)cc2)ccc1OS(=O)(=O)c1ccccc1. The Morgan fingerprint density at radius 3 is 2.26 bits per heavy atom. The van der Waals surface area contributed by atoms with E-state index in [-0.39, 0.29) is 27.5 Å². The van der Waals surface area contributed by atoms with Crippen molar-refractivity contribution < 1.29 is 32.0 Å². The fourth-order valence-electron chi connectivity index (χ4n) is 2.81. The Bertz CT molecular complexity index is 1390. The summed E-state index contributed by atoms with van der Waals surface area (Å²) in [6, 6.07) is 19.1. The molecule has 0 aromatic heterocycles. The molecule has 0 saturated carbocycles. The lowest BCUT2D eigenvalue weighted by Gasteiger charge is -2.11. The summed E-state index contributed by atoms with van der Waals surface area (Å²) < 4.78 is 35.4. The minimum atomic E-state index is -4.09. The van der Waals surface area contributed by atoms with Gasteiger partial charge in [0.05, 0.1) is 12.7 Å². The van der Waals surface area contributed by atoms with Crippen molar-refractivity contribution in [1.29, 1.82) is 5.26 Å². The first-order valence-corrected chi connectivity index (χ1v) is 11.1. The van der Waals surface area contributed by atoms with Gasteiger partial charge in [-0.05, 0) is 60.2 Å². The van der Waals surface area contributed by atoms with E-state index in [0.29, 0.717) is 11.3 Å². The van der Waals surface area contributed by atoms with E-state index >= 15 is 0 Å². The van der Waals surface area contributed by atoms with Crippen LogP contribution < -0.4 is 14.2 Å². The zero-order valence-electron chi connectivity index (χ0n) is 17.8. The molecule has 3 aromatic rings. The van der Waals surface area contributed by atoms with Gasteiger partial charge in [-0.1, -0.05) is 24.3 Å². The summed E-state index contributed by atoms with van der Waals surface area (Å²) >= 11 is 0. The molecule has 0 atom stereocenters. The molecule has 0 saturated heterocycles. The molecule has 0 aliphatic rings. The third-order valence-corrected chi connectivity index (χ3v) is 5.73. The van der Waals surface area contributed by atoms with Crippen molar-refractivity contribution in [3.63, 3.8) is 0 Å². The number of carbonyl (C=O) groups is 2. The van der Waals surface area contributed by atoms with Crippen molar-refractivity contribution in [2.45, 2.75) is 4.90 Å². The van der Waals surface area contributed by atoms with Crippen molar-refractivity contribution >= 4 is 33.8 Å². The van der Waals surface area contributed by atoms with E-state index < -0.39 is 22.0 Å². The lowest BCUT2D eigenvalue weighted by Crippen LogP contribution is -2.13. The average molecular weight is 478 g/mol. The van der Waals surface area contributed by atoms with Gasteiger partial charge in [-0.3, -0.25) is 4.79 Å². The maximum absolute atomic E-state index is 12.5. The van der Waals surface area contributed by atoms with Crippen LogP contribution in [0.3, 0.4) is 0 Å². The number of carboxylic acid groups (broad SMARTS) is 1. The molecule has 9 nitrogen and oxygen atoms in total. The van der Waals surface area contributed by atoms with Crippen molar-refractivity contribution in [2.75, 3.05) is 12.4 Å². The van der Waals surface area contributed by atoms with Crippen LogP contribution in [0.5, 0.6) is 11.5 Å². The molecular formula is C24H18N2O7S. The summed E-state index contributed by atoms with van der Waals surface area (Å²) in [6.07, 6.45) is 1.29. The van der Waals surface area contributed by atoms with Crippen LogP contribution in [0.2, 0.25) is 0 Å². The van der Waals surface area contributed by atoms with Gasteiger partial charge in [0, 0.05) is 5.69 Å². The Balaban J connectivity index is 1.81. The van der Waals surface area contributed by atoms with Crippen molar-refractivity contribution in [3.8, 4) is 17.6 Å². The molecule has 1 amide bonds. The molecular weight excluding hydrogens is 460 g/mol. The number of carboxylic acids is 1. The molecule has 3 rings (SSSR count). The second-order valence-electron chi connectivity index (χ2n) is 6.77. The zero-order chi connectivity index (χ0) is 24.7. The van der Waals surface area contributed by atoms with Crippen LogP contribution in [0.15, 0.2) is 83.3 Å². The predicted octanol–water partition coefficient (Wildman–Crippen LogP) is 3.71. The van der Waals surface area contributed by atoms with Crippen LogP contribution in [0.4, 0.5) is 5.69 Å². The molecule has 0 heterocycles. The van der Waals surface area contributed by atoms with E-state index in [2.05, 4.69) is 5.32 Å². The number of hydrogen-bond acceptors (Lipinski definition) is 7. The van der Waals surface area contributed by atoms with E-state index in [1.165, 1.54) is 67.8 Å². The number of ether oxygens (including phenoxy) is 1. The van der Waals surface area contributed by atoms with Crippen molar-refractivity contribution in [1.82, 2.24) is 0 Å². The third kappa shape index (κ3) is 5.79. The molecule has 3 aromatic carbocycles. The third-order valence-electron chi connectivity index (χ3n) is 4.48. The topological polar surface area (TPSA) is 143 Å². The van der Waals surface area contributed by atoms with Crippen molar-refractivity contribution in [2.24, 2.45) is 0 Å². The normalized spacial score (nSPS) is 11.2. The number of methoxy groups -OCH3 is 1. The Hall–Kier alpha value is -4.62. The van der Waals surface area contributed by atoms with Gasteiger partial charge >= 0.3 is 16.1 Å². The van der Waals surface area contributed by atoms with Gasteiger partial charge in [-0.2, -0.15) is 13.7 Å². The number of nitrogens with one attached hydrogen (secondary N) is 1. The van der Waals surface area contributed by atoms with Gasteiger partial charge in [-0.25, -0.2) is 4.79 Å². The maximum atomic E-state index is 12.5. The molecule has 34 heavy (non-hydrogen) atoms. The largest absolute Gasteiger partial charge is 0.493 e. The molecule has 0 radical (unpaired) electrons. The number of aromatic carboxylic acids is 1. The number of anilines is 1. The highest BCUT2D eigenvalue weighted by Gasteiger charge is 2.19. The minimum absolute atomic E-state index is 0.0270. The average Bonchev–Trinajstić information content (AvgIpc) is 2.84. The molecule has 0 fully saturated rings. The predicted molar refractivity (Wildman–Crippen MR) is 123 cm³/mol. The Morgan fingerprint density at radius 1 is 1.00 bits per heavy atom. The molecule has 0 aliphatic heterocycles.